The lowest BCUT2D eigenvalue weighted by Gasteiger charge is -2.24. The molecule has 94 valence electrons. The van der Waals surface area contributed by atoms with Gasteiger partial charge < -0.3 is 5.11 Å². The van der Waals surface area contributed by atoms with Crippen LogP contribution < -0.4 is 0 Å². The van der Waals surface area contributed by atoms with Gasteiger partial charge >= 0.3 is 12.1 Å². The Morgan fingerprint density at radius 3 is 2.24 bits per heavy atom. The smallest absolute Gasteiger partial charge is 0.416 e. The minimum Gasteiger partial charge on any atom is -0.481 e. The van der Waals surface area contributed by atoms with E-state index in [2.05, 4.69) is 0 Å². The summed E-state index contributed by atoms with van der Waals surface area (Å²) in [6, 6.07) is 4.78. The number of aliphatic carboxylic acids is 1. The van der Waals surface area contributed by atoms with Crippen LogP contribution in [0.4, 0.5) is 13.2 Å². The molecule has 0 amide bonds. The average Bonchev–Trinajstić information content (AvgIpc) is 2.14. The molecule has 0 spiro atoms. The molecule has 0 fully saturated rings. The number of hydrogen-bond acceptors (Lipinski definition) is 1. The highest BCUT2D eigenvalue weighted by Crippen LogP contribution is 2.33. The van der Waals surface area contributed by atoms with Crippen molar-refractivity contribution in [2.75, 3.05) is 0 Å². The van der Waals surface area contributed by atoms with Crippen LogP contribution >= 0.6 is 0 Å². The molecule has 0 saturated heterocycles. The van der Waals surface area contributed by atoms with Crippen molar-refractivity contribution < 1.29 is 23.1 Å². The molecule has 1 aromatic carbocycles. The summed E-state index contributed by atoms with van der Waals surface area (Å²) >= 11 is 0. The molecule has 0 radical (unpaired) electrons. The van der Waals surface area contributed by atoms with E-state index in [1.807, 2.05) is 0 Å². The van der Waals surface area contributed by atoms with E-state index in [4.69, 9.17) is 5.11 Å². The maximum atomic E-state index is 12.5. The summed E-state index contributed by atoms with van der Waals surface area (Å²) in [4.78, 5) is 10.6. The van der Waals surface area contributed by atoms with Crippen molar-refractivity contribution in [2.45, 2.75) is 31.9 Å². The molecule has 0 aliphatic rings. The summed E-state index contributed by atoms with van der Waals surface area (Å²) in [5.74, 6) is -1.03. The molecular weight excluding hydrogens is 233 g/mol. The molecule has 0 heterocycles. The van der Waals surface area contributed by atoms with E-state index < -0.39 is 23.1 Å². The molecule has 0 saturated carbocycles. The van der Waals surface area contributed by atoms with E-state index in [0.717, 1.165) is 12.1 Å². The predicted molar refractivity (Wildman–Crippen MR) is 56.7 cm³/mol. The van der Waals surface area contributed by atoms with Gasteiger partial charge in [0.05, 0.1) is 12.0 Å². The zero-order chi connectivity index (χ0) is 13.3. The highest BCUT2D eigenvalue weighted by Gasteiger charge is 2.32. The third kappa shape index (κ3) is 3.47. The Morgan fingerprint density at radius 2 is 1.76 bits per heavy atom. The highest BCUT2D eigenvalue weighted by molar-refractivity contribution is 5.68. The lowest BCUT2D eigenvalue weighted by atomic mass is 9.81. The van der Waals surface area contributed by atoms with Gasteiger partial charge in [-0.25, -0.2) is 0 Å². The van der Waals surface area contributed by atoms with Gasteiger partial charge in [-0.2, -0.15) is 13.2 Å². The zero-order valence-electron chi connectivity index (χ0n) is 9.51. The highest BCUT2D eigenvalue weighted by atomic mass is 19.4. The van der Waals surface area contributed by atoms with Crippen LogP contribution in [0.1, 0.15) is 31.4 Å². The summed E-state index contributed by atoms with van der Waals surface area (Å²) in [6.07, 6.45) is -4.62. The molecule has 0 unspecified atom stereocenters. The fourth-order valence-electron chi connectivity index (χ4n) is 1.60. The summed E-state index contributed by atoms with van der Waals surface area (Å²) < 4.78 is 37.5. The van der Waals surface area contributed by atoms with E-state index in [1.54, 1.807) is 13.8 Å². The van der Waals surface area contributed by atoms with Crippen molar-refractivity contribution in [3.63, 3.8) is 0 Å². The Bertz CT molecular complexity index is 422. The second-order valence-electron chi connectivity index (χ2n) is 4.53. The van der Waals surface area contributed by atoms with Gasteiger partial charge in [-0.15, -0.1) is 0 Å². The van der Waals surface area contributed by atoms with Gasteiger partial charge in [0.1, 0.15) is 0 Å². The Hall–Kier alpha value is -1.52. The topological polar surface area (TPSA) is 37.3 Å². The number of carbonyl (C=O) groups is 1. The van der Waals surface area contributed by atoms with Crippen LogP contribution in [0.2, 0.25) is 0 Å². The van der Waals surface area contributed by atoms with Crippen molar-refractivity contribution in [3.8, 4) is 0 Å². The Kier molecular flexibility index (Phi) is 3.50. The van der Waals surface area contributed by atoms with Gasteiger partial charge in [0.2, 0.25) is 0 Å². The first-order chi connectivity index (χ1) is 7.63. The SMILES string of the molecule is CC(C)(CC(=O)O)c1cccc(C(F)(F)F)c1. The standard InChI is InChI=1S/C12H13F3O2/c1-11(2,7-10(16)17)8-4-3-5-9(6-8)12(13,14)15/h3-6H,7H2,1-2H3,(H,16,17). The maximum Gasteiger partial charge on any atom is 0.416 e. The van der Waals surface area contributed by atoms with Gasteiger partial charge in [0.15, 0.2) is 0 Å². The third-order valence-electron chi connectivity index (χ3n) is 2.56. The summed E-state index contributed by atoms with van der Waals surface area (Å²) in [6.45, 7) is 3.22. The molecule has 0 bridgehead atoms. The van der Waals surface area contributed by atoms with E-state index in [-0.39, 0.29) is 6.42 Å². The van der Waals surface area contributed by atoms with Crippen LogP contribution in [0, 0.1) is 0 Å². The van der Waals surface area contributed by atoms with Crippen LogP contribution in [-0.2, 0) is 16.4 Å². The fraction of sp³-hybridized carbons (Fsp3) is 0.417. The van der Waals surface area contributed by atoms with Crippen molar-refractivity contribution in [1.29, 1.82) is 0 Å². The van der Waals surface area contributed by atoms with Crippen molar-refractivity contribution in [1.82, 2.24) is 0 Å². The van der Waals surface area contributed by atoms with E-state index in [1.165, 1.54) is 12.1 Å². The molecule has 17 heavy (non-hydrogen) atoms. The minimum atomic E-state index is -4.41. The molecule has 1 rings (SSSR count). The van der Waals surface area contributed by atoms with E-state index in [9.17, 15) is 18.0 Å². The number of carboxylic acids is 1. The summed E-state index contributed by atoms with van der Waals surface area (Å²) in [5.41, 5.74) is -1.21. The zero-order valence-corrected chi connectivity index (χ0v) is 9.51. The Balaban J connectivity index is 3.11. The molecule has 0 aliphatic carbocycles. The fourth-order valence-corrected chi connectivity index (χ4v) is 1.60. The van der Waals surface area contributed by atoms with Crippen molar-refractivity contribution in [2.24, 2.45) is 0 Å². The Morgan fingerprint density at radius 1 is 1.24 bits per heavy atom. The van der Waals surface area contributed by atoms with E-state index in [0.29, 0.717) is 5.56 Å². The largest absolute Gasteiger partial charge is 0.481 e. The molecule has 2 nitrogen and oxygen atoms in total. The number of hydrogen-bond donors (Lipinski definition) is 1. The molecular formula is C12H13F3O2. The predicted octanol–water partition coefficient (Wildman–Crippen LogP) is 3.46. The number of benzene rings is 1. The van der Waals surface area contributed by atoms with Crippen molar-refractivity contribution in [3.05, 3.63) is 35.4 Å². The summed E-state index contributed by atoms with van der Waals surface area (Å²) in [5, 5.41) is 8.72. The lowest BCUT2D eigenvalue weighted by molar-refractivity contribution is -0.138. The third-order valence-corrected chi connectivity index (χ3v) is 2.56. The van der Waals surface area contributed by atoms with Gasteiger partial charge in [-0.05, 0) is 11.6 Å². The molecule has 0 aromatic heterocycles. The monoisotopic (exact) mass is 246 g/mol. The number of alkyl halides is 3. The molecule has 1 aromatic rings. The first-order valence-corrected chi connectivity index (χ1v) is 5.02. The first-order valence-electron chi connectivity index (χ1n) is 5.02. The van der Waals surface area contributed by atoms with Crippen LogP contribution in [0.5, 0.6) is 0 Å². The second-order valence-corrected chi connectivity index (χ2v) is 4.53. The normalized spacial score (nSPS) is 12.5. The van der Waals surface area contributed by atoms with Crippen LogP contribution in [0.15, 0.2) is 24.3 Å². The number of rotatable bonds is 3. The van der Waals surface area contributed by atoms with Gasteiger partial charge in [-0.3, -0.25) is 4.79 Å². The molecule has 0 aliphatic heterocycles. The van der Waals surface area contributed by atoms with Gasteiger partial charge in [-0.1, -0.05) is 32.0 Å². The van der Waals surface area contributed by atoms with Crippen molar-refractivity contribution >= 4 is 5.97 Å². The van der Waals surface area contributed by atoms with Gasteiger partial charge in [0, 0.05) is 5.41 Å². The summed E-state index contributed by atoms with van der Waals surface area (Å²) in [7, 11) is 0. The maximum absolute atomic E-state index is 12.5. The molecule has 1 N–H and O–H groups in total. The Labute approximate surface area is 97.1 Å². The average molecular weight is 246 g/mol. The van der Waals surface area contributed by atoms with Crippen LogP contribution in [0.3, 0.4) is 0 Å². The van der Waals surface area contributed by atoms with Gasteiger partial charge in [0.25, 0.3) is 0 Å². The second kappa shape index (κ2) is 4.39. The molecule has 0 atom stereocenters. The van der Waals surface area contributed by atoms with Crippen LogP contribution in [0.25, 0.3) is 0 Å². The molecule has 5 heteroatoms. The first kappa shape index (κ1) is 13.5. The lowest BCUT2D eigenvalue weighted by Crippen LogP contribution is -2.22. The van der Waals surface area contributed by atoms with Crippen LogP contribution in [-0.4, -0.2) is 11.1 Å². The van der Waals surface area contributed by atoms with E-state index >= 15 is 0 Å². The number of carboxylic acid groups (broad SMARTS) is 1. The minimum absolute atomic E-state index is 0.214. The number of halogens is 3. The quantitative estimate of drug-likeness (QED) is 0.886.